The summed E-state index contributed by atoms with van der Waals surface area (Å²) in [6.45, 7) is 8.06. The molecule has 0 aliphatic carbocycles. The van der Waals surface area contributed by atoms with Gasteiger partial charge in [0.05, 0.1) is 6.61 Å². The van der Waals surface area contributed by atoms with Crippen molar-refractivity contribution in [3.8, 4) is 0 Å². The number of carbonyl (C=O) groups is 2. The Balaban J connectivity index is 1.88. The van der Waals surface area contributed by atoms with Crippen molar-refractivity contribution >= 4 is 23.3 Å². The highest BCUT2D eigenvalue weighted by Crippen LogP contribution is 2.21. The lowest BCUT2D eigenvalue weighted by Gasteiger charge is -2.22. The van der Waals surface area contributed by atoms with Crippen LogP contribution in [0.15, 0.2) is 18.2 Å². The van der Waals surface area contributed by atoms with Crippen LogP contribution in [0.2, 0.25) is 0 Å². The van der Waals surface area contributed by atoms with Crippen LogP contribution in [0.3, 0.4) is 0 Å². The van der Waals surface area contributed by atoms with E-state index in [4.69, 9.17) is 4.74 Å². The molecule has 2 rings (SSSR count). The van der Waals surface area contributed by atoms with Gasteiger partial charge in [0.15, 0.2) is 0 Å². The highest BCUT2D eigenvalue weighted by Gasteiger charge is 2.15. The van der Waals surface area contributed by atoms with Gasteiger partial charge >= 0.3 is 6.03 Å². The van der Waals surface area contributed by atoms with Crippen LogP contribution in [0, 0.1) is 18.8 Å². The predicted octanol–water partition coefficient (Wildman–Crippen LogP) is 3.53. The standard InChI is InChI=1S/C19H29N3O3/c1-13(2)9-18(23)21-16-7-6-14(3)17(10-16)22-19(24)20-11-15-5-4-8-25-12-15/h6-7,10,13,15H,4-5,8-9,11-12H2,1-3H3,(H,21,23)(H2,20,22,24)/t15-/m1/s1. The average molecular weight is 347 g/mol. The lowest BCUT2D eigenvalue weighted by molar-refractivity contribution is -0.116. The van der Waals surface area contributed by atoms with E-state index in [1.807, 2.05) is 32.9 Å². The molecule has 138 valence electrons. The Bertz CT molecular complexity index is 596. The first-order chi connectivity index (χ1) is 11.9. The quantitative estimate of drug-likeness (QED) is 0.736. The van der Waals surface area contributed by atoms with Gasteiger partial charge in [-0.15, -0.1) is 0 Å². The van der Waals surface area contributed by atoms with E-state index in [-0.39, 0.29) is 11.9 Å². The Kier molecular flexibility index (Phi) is 7.25. The first-order valence-corrected chi connectivity index (χ1v) is 8.97. The van der Waals surface area contributed by atoms with Crippen LogP contribution in [0.25, 0.3) is 0 Å². The van der Waals surface area contributed by atoms with Crippen molar-refractivity contribution in [3.05, 3.63) is 23.8 Å². The molecule has 0 saturated carbocycles. The zero-order valence-electron chi connectivity index (χ0n) is 15.4. The molecule has 6 nitrogen and oxygen atoms in total. The maximum Gasteiger partial charge on any atom is 0.319 e. The first-order valence-electron chi connectivity index (χ1n) is 8.97. The molecule has 1 saturated heterocycles. The lowest BCUT2D eigenvalue weighted by atomic mass is 10.0. The molecule has 0 unspecified atom stereocenters. The number of ether oxygens (including phenoxy) is 1. The third kappa shape index (κ3) is 6.74. The van der Waals surface area contributed by atoms with Gasteiger partial charge in [0.2, 0.25) is 5.91 Å². The van der Waals surface area contributed by atoms with Crippen LogP contribution in [0.1, 0.15) is 38.7 Å². The summed E-state index contributed by atoms with van der Waals surface area (Å²) in [4.78, 5) is 24.0. The Morgan fingerprint density at radius 3 is 2.76 bits per heavy atom. The number of urea groups is 1. The second-order valence-electron chi connectivity index (χ2n) is 7.09. The molecular formula is C19H29N3O3. The van der Waals surface area contributed by atoms with Crippen LogP contribution in [-0.4, -0.2) is 31.7 Å². The molecule has 1 aromatic carbocycles. The number of rotatable bonds is 6. The van der Waals surface area contributed by atoms with Crippen LogP contribution in [-0.2, 0) is 9.53 Å². The zero-order valence-corrected chi connectivity index (χ0v) is 15.4. The SMILES string of the molecule is Cc1ccc(NC(=O)CC(C)C)cc1NC(=O)NC[C@H]1CCCOC1. The summed E-state index contributed by atoms with van der Waals surface area (Å²) >= 11 is 0. The topological polar surface area (TPSA) is 79.5 Å². The molecule has 1 aliphatic rings. The van der Waals surface area contributed by atoms with E-state index in [0.717, 1.165) is 25.0 Å². The summed E-state index contributed by atoms with van der Waals surface area (Å²) < 4.78 is 5.42. The van der Waals surface area contributed by atoms with Gasteiger partial charge in [-0.05, 0) is 49.3 Å². The molecule has 3 N–H and O–H groups in total. The Hall–Kier alpha value is -2.08. The van der Waals surface area contributed by atoms with Crippen molar-refractivity contribution in [1.82, 2.24) is 5.32 Å². The van der Waals surface area contributed by atoms with Crippen molar-refractivity contribution in [3.63, 3.8) is 0 Å². The fraction of sp³-hybridized carbons (Fsp3) is 0.579. The van der Waals surface area contributed by atoms with Crippen molar-refractivity contribution in [2.24, 2.45) is 11.8 Å². The molecular weight excluding hydrogens is 318 g/mol. The second-order valence-corrected chi connectivity index (χ2v) is 7.09. The van der Waals surface area contributed by atoms with E-state index in [2.05, 4.69) is 16.0 Å². The van der Waals surface area contributed by atoms with Gasteiger partial charge in [-0.2, -0.15) is 0 Å². The molecule has 0 radical (unpaired) electrons. The zero-order chi connectivity index (χ0) is 18.2. The minimum Gasteiger partial charge on any atom is -0.381 e. The summed E-state index contributed by atoms with van der Waals surface area (Å²) in [5, 5.41) is 8.63. The molecule has 0 spiro atoms. The minimum absolute atomic E-state index is 0.0217. The van der Waals surface area contributed by atoms with Gasteiger partial charge in [-0.1, -0.05) is 19.9 Å². The first kappa shape index (κ1) is 19.2. The highest BCUT2D eigenvalue weighted by atomic mass is 16.5. The second kappa shape index (κ2) is 9.42. The number of carbonyl (C=O) groups excluding carboxylic acids is 2. The van der Waals surface area contributed by atoms with Crippen molar-refractivity contribution < 1.29 is 14.3 Å². The smallest absolute Gasteiger partial charge is 0.319 e. The molecule has 1 aromatic rings. The van der Waals surface area contributed by atoms with Crippen molar-refractivity contribution in [2.45, 2.75) is 40.0 Å². The van der Waals surface area contributed by atoms with E-state index < -0.39 is 0 Å². The minimum atomic E-state index is -0.237. The normalized spacial score (nSPS) is 17.2. The van der Waals surface area contributed by atoms with Gasteiger partial charge in [0, 0.05) is 30.9 Å². The van der Waals surface area contributed by atoms with Gasteiger partial charge in [0.25, 0.3) is 0 Å². The van der Waals surface area contributed by atoms with Crippen LogP contribution >= 0.6 is 0 Å². The molecule has 1 atom stereocenters. The van der Waals surface area contributed by atoms with Gasteiger partial charge < -0.3 is 20.7 Å². The number of aryl methyl sites for hydroxylation is 1. The number of benzene rings is 1. The van der Waals surface area contributed by atoms with E-state index in [1.54, 1.807) is 6.07 Å². The van der Waals surface area contributed by atoms with Crippen molar-refractivity contribution in [2.75, 3.05) is 30.4 Å². The molecule has 3 amide bonds. The number of amides is 3. The third-order valence-electron chi connectivity index (χ3n) is 4.17. The third-order valence-corrected chi connectivity index (χ3v) is 4.17. The Labute approximate surface area is 149 Å². The number of hydrogen-bond donors (Lipinski definition) is 3. The summed E-state index contributed by atoms with van der Waals surface area (Å²) in [6, 6.07) is 5.28. The van der Waals surface area contributed by atoms with Gasteiger partial charge in [-0.25, -0.2) is 4.79 Å². The van der Waals surface area contributed by atoms with E-state index in [0.29, 0.717) is 42.8 Å². The largest absolute Gasteiger partial charge is 0.381 e. The molecule has 6 heteroatoms. The van der Waals surface area contributed by atoms with Crippen LogP contribution in [0.4, 0.5) is 16.2 Å². The highest BCUT2D eigenvalue weighted by molar-refractivity contribution is 5.94. The summed E-state index contributed by atoms with van der Waals surface area (Å²) in [6.07, 6.45) is 2.60. The number of nitrogens with one attached hydrogen (secondary N) is 3. The van der Waals surface area contributed by atoms with Gasteiger partial charge in [0.1, 0.15) is 0 Å². The average Bonchev–Trinajstić information content (AvgIpc) is 2.56. The monoisotopic (exact) mass is 347 g/mol. The maximum absolute atomic E-state index is 12.1. The molecule has 0 bridgehead atoms. The van der Waals surface area contributed by atoms with Gasteiger partial charge in [-0.3, -0.25) is 4.79 Å². The van der Waals surface area contributed by atoms with Crippen LogP contribution in [0.5, 0.6) is 0 Å². The molecule has 0 aromatic heterocycles. The Morgan fingerprint density at radius 1 is 1.28 bits per heavy atom. The number of hydrogen-bond acceptors (Lipinski definition) is 3. The lowest BCUT2D eigenvalue weighted by Crippen LogP contribution is -2.36. The summed E-state index contributed by atoms with van der Waals surface area (Å²) in [7, 11) is 0. The fourth-order valence-corrected chi connectivity index (χ4v) is 2.79. The maximum atomic E-state index is 12.1. The predicted molar refractivity (Wildman–Crippen MR) is 99.8 cm³/mol. The Morgan fingerprint density at radius 2 is 2.08 bits per heavy atom. The van der Waals surface area contributed by atoms with E-state index in [9.17, 15) is 9.59 Å². The summed E-state index contributed by atoms with van der Waals surface area (Å²) in [5.74, 6) is 0.659. The fourth-order valence-electron chi connectivity index (χ4n) is 2.79. The van der Waals surface area contributed by atoms with E-state index >= 15 is 0 Å². The van der Waals surface area contributed by atoms with Crippen LogP contribution < -0.4 is 16.0 Å². The molecule has 25 heavy (non-hydrogen) atoms. The van der Waals surface area contributed by atoms with E-state index in [1.165, 1.54) is 0 Å². The molecule has 1 fully saturated rings. The molecule has 1 aliphatic heterocycles. The number of anilines is 2. The molecule has 1 heterocycles. The van der Waals surface area contributed by atoms with Crippen molar-refractivity contribution in [1.29, 1.82) is 0 Å². The summed E-state index contributed by atoms with van der Waals surface area (Å²) in [5.41, 5.74) is 2.32.